The zero-order chi connectivity index (χ0) is 19.7. The van der Waals surface area contributed by atoms with E-state index in [1.165, 1.54) is 42.0 Å². The fourth-order valence-corrected chi connectivity index (χ4v) is 5.35. The minimum Gasteiger partial charge on any atom is -0.383 e. The van der Waals surface area contributed by atoms with E-state index in [9.17, 15) is 9.59 Å². The number of anilines is 2. The van der Waals surface area contributed by atoms with E-state index in [1.54, 1.807) is 35.6 Å². The normalized spacial score (nSPS) is 13.3. The van der Waals surface area contributed by atoms with E-state index in [0.717, 1.165) is 23.1 Å². The number of thiophene rings is 1. The van der Waals surface area contributed by atoms with Gasteiger partial charge in [0.05, 0.1) is 11.1 Å². The molecule has 0 unspecified atom stereocenters. The predicted octanol–water partition coefficient (Wildman–Crippen LogP) is 4.09. The van der Waals surface area contributed by atoms with Gasteiger partial charge in [-0.05, 0) is 50.3 Å². The second-order valence-corrected chi connectivity index (χ2v) is 8.78. The number of carbonyl (C=O) groups excluding carboxylic acids is 2. The molecule has 0 aliphatic heterocycles. The fourth-order valence-electron chi connectivity index (χ4n) is 3.37. The van der Waals surface area contributed by atoms with Crippen LogP contribution < -0.4 is 11.1 Å². The Bertz CT molecular complexity index is 1080. The van der Waals surface area contributed by atoms with E-state index < -0.39 is 0 Å². The Morgan fingerprint density at radius 1 is 1.25 bits per heavy atom. The standard InChI is InChI=1S/C20H20N4O2S2/c1-11(25)12-5-4-6-13(9-12)22-16(26)10-27-20-23-18(21)17-14-7-2-3-8-15(14)28-19(17)24-20/h4-6,9H,2-3,7-8,10H2,1H3,(H,22,26)(H2,21,23,24). The molecule has 2 aromatic heterocycles. The van der Waals surface area contributed by atoms with Crippen molar-refractivity contribution in [1.29, 1.82) is 0 Å². The maximum atomic E-state index is 12.3. The molecule has 1 aliphatic carbocycles. The number of nitrogens with two attached hydrogens (primary N) is 1. The fraction of sp³-hybridized carbons (Fsp3) is 0.300. The molecule has 28 heavy (non-hydrogen) atoms. The summed E-state index contributed by atoms with van der Waals surface area (Å²) < 4.78 is 0. The molecule has 1 amide bonds. The van der Waals surface area contributed by atoms with Crippen molar-refractivity contribution in [2.24, 2.45) is 0 Å². The number of hydrogen-bond acceptors (Lipinski definition) is 7. The molecule has 8 heteroatoms. The van der Waals surface area contributed by atoms with E-state index in [1.807, 2.05) is 0 Å². The molecule has 1 aliphatic rings. The van der Waals surface area contributed by atoms with Crippen molar-refractivity contribution in [3.05, 3.63) is 40.3 Å². The summed E-state index contributed by atoms with van der Waals surface area (Å²) >= 11 is 2.95. The number of ketones is 1. The third kappa shape index (κ3) is 3.88. The summed E-state index contributed by atoms with van der Waals surface area (Å²) in [5.74, 6) is 0.446. The lowest BCUT2D eigenvalue weighted by Gasteiger charge is -2.10. The van der Waals surface area contributed by atoms with Gasteiger partial charge in [-0.25, -0.2) is 9.97 Å². The minimum absolute atomic E-state index is 0.0405. The van der Waals surface area contributed by atoms with E-state index in [2.05, 4.69) is 15.3 Å². The number of amides is 1. The molecule has 0 saturated heterocycles. The number of fused-ring (bicyclic) bond motifs is 3. The van der Waals surface area contributed by atoms with Crippen LogP contribution in [0.2, 0.25) is 0 Å². The summed E-state index contributed by atoms with van der Waals surface area (Å²) in [5.41, 5.74) is 8.68. The van der Waals surface area contributed by atoms with Crippen molar-refractivity contribution in [2.45, 2.75) is 37.8 Å². The molecule has 4 rings (SSSR count). The molecule has 6 nitrogen and oxygen atoms in total. The van der Waals surface area contributed by atoms with Gasteiger partial charge in [0.25, 0.3) is 0 Å². The zero-order valence-electron chi connectivity index (χ0n) is 15.4. The van der Waals surface area contributed by atoms with Crippen LogP contribution in [0.5, 0.6) is 0 Å². The van der Waals surface area contributed by atoms with E-state index in [0.29, 0.717) is 22.2 Å². The number of rotatable bonds is 5. The van der Waals surface area contributed by atoms with Crippen LogP contribution in [0.25, 0.3) is 10.2 Å². The quantitative estimate of drug-likeness (QED) is 0.372. The summed E-state index contributed by atoms with van der Waals surface area (Å²) in [6.45, 7) is 1.50. The number of hydrogen-bond donors (Lipinski definition) is 2. The Morgan fingerprint density at radius 2 is 2.07 bits per heavy atom. The van der Waals surface area contributed by atoms with Gasteiger partial charge in [-0.3, -0.25) is 9.59 Å². The number of thioether (sulfide) groups is 1. The summed E-state index contributed by atoms with van der Waals surface area (Å²) in [6, 6.07) is 6.89. The Labute approximate surface area is 170 Å². The maximum absolute atomic E-state index is 12.3. The molecule has 144 valence electrons. The van der Waals surface area contributed by atoms with Gasteiger partial charge in [-0.15, -0.1) is 11.3 Å². The molecule has 1 aromatic carbocycles. The van der Waals surface area contributed by atoms with Gasteiger partial charge in [0.2, 0.25) is 5.91 Å². The molecule has 2 heterocycles. The van der Waals surface area contributed by atoms with E-state index in [-0.39, 0.29) is 17.4 Å². The van der Waals surface area contributed by atoms with Crippen LogP contribution in [0.1, 0.15) is 40.6 Å². The van der Waals surface area contributed by atoms with Gasteiger partial charge in [0.1, 0.15) is 10.6 Å². The topological polar surface area (TPSA) is 98.0 Å². The Balaban J connectivity index is 1.46. The molecule has 3 aromatic rings. The monoisotopic (exact) mass is 412 g/mol. The number of aromatic nitrogens is 2. The number of benzene rings is 1. The van der Waals surface area contributed by atoms with Crippen LogP contribution in [-0.4, -0.2) is 27.4 Å². The van der Waals surface area contributed by atoms with Crippen LogP contribution in [-0.2, 0) is 17.6 Å². The number of carbonyl (C=O) groups is 2. The first-order valence-corrected chi connectivity index (χ1v) is 10.9. The lowest BCUT2D eigenvalue weighted by atomic mass is 9.97. The number of nitrogens with one attached hydrogen (secondary N) is 1. The van der Waals surface area contributed by atoms with Crippen LogP contribution >= 0.6 is 23.1 Å². The molecule has 0 atom stereocenters. The van der Waals surface area contributed by atoms with Gasteiger partial charge < -0.3 is 11.1 Å². The van der Waals surface area contributed by atoms with Crippen LogP contribution in [0.4, 0.5) is 11.5 Å². The van der Waals surface area contributed by atoms with Crippen molar-refractivity contribution >= 4 is 56.5 Å². The highest BCUT2D eigenvalue weighted by Gasteiger charge is 2.20. The smallest absolute Gasteiger partial charge is 0.234 e. The highest BCUT2D eigenvalue weighted by molar-refractivity contribution is 7.99. The first-order chi connectivity index (χ1) is 13.5. The number of nitrogen functional groups attached to an aromatic ring is 1. The molecule has 0 spiro atoms. The average Bonchev–Trinajstić information content (AvgIpc) is 3.05. The summed E-state index contributed by atoms with van der Waals surface area (Å²) in [7, 11) is 0. The average molecular weight is 413 g/mol. The maximum Gasteiger partial charge on any atom is 0.234 e. The lowest BCUT2D eigenvalue weighted by Crippen LogP contribution is -2.14. The van der Waals surface area contributed by atoms with Gasteiger partial charge in [0, 0.05) is 16.1 Å². The molecule has 3 N–H and O–H groups in total. The molecule has 0 fully saturated rings. The first-order valence-electron chi connectivity index (χ1n) is 9.12. The Hall–Kier alpha value is -2.45. The van der Waals surface area contributed by atoms with Crippen LogP contribution in [0.3, 0.4) is 0 Å². The third-order valence-corrected chi connectivity index (χ3v) is 6.74. The SMILES string of the molecule is CC(=O)c1cccc(NC(=O)CSc2nc(N)c3c4c(sc3n2)CCCC4)c1. The van der Waals surface area contributed by atoms with E-state index >= 15 is 0 Å². The van der Waals surface area contributed by atoms with Crippen molar-refractivity contribution in [3.63, 3.8) is 0 Å². The highest BCUT2D eigenvalue weighted by atomic mass is 32.2. The predicted molar refractivity (Wildman–Crippen MR) is 114 cm³/mol. The molecule has 0 radical (unpaired) electrons. The molecular formula is C20H20N4O2S2. The largest absolute Gasteiger partial charge is 0.383 e. The summed E-state index contributed by atoms with van der Waals surface area (Å²) in [5, 5.41) is 4.31. The lowest BCUT2D eigenvalue weighted by molar-refractivity contribution is -0.113. The van der Waals surface area contributed by atoms with Crippen molar-refractivity contribution in [3.8, 4) is 0 Å². The molecular weight excluding hydrogens is 392 g/mol. The van der Waals surface area contributed by atoms with Crippen molar-refractivity contribution in [2.75, 3.05) is 16.8 Å². The first kappa shape index (κ1) is 18.9. The van der Waals surface area contributed by atoms with Crippen molar-refractivity contribution < 1.29 is 9.59 Å². The molecule has 0 saturated carbocycles. The summed E-state index contributed by atoms with van der Waals surface area (Å²) in [6.07, 6.45) is 4.51. The van der Waals surface area contributed by atoms with Gasteiger partial charge in [-0.2, -0.15) is 0 Å². The van der Waals surface area contributed by atoms with Gasteiger partial charge in [0.15, 0.2) is 10.9 Å². The second kappa shape index (κ2) is 7.89. The summed E-state index contributed by atoms with van der Waals surface area (Å²) in [4.78, 5) is 35.0. The Kier molecular flexibility index (Phi) is 5.32. The van der Waals surface area contributed by atoms with Crippen LogP contribution in [0.15, 0.2) is 29.4 Å². The third-order valence-electron chi connectivity index (χ3n) is 4.71. The number of nitrogens with zero attached hydrogens (tertiary/aromatic N) is 2. The highest BCUT2D eigenvalue weighted by Crippen LogP contribution is 2.38. The number of aryl methyl sites for hydroxylation is 2. The van der Waals surface area contributed by atoms with Crippen LogP contribution in [0, 0.1) is 0 Å². The van der Waals surface area contributed by atoms with E-state index in [4.69, 9.17) is 5.73 Å². The minimum atomic E-state index is -0.182. The number of Topliss-reactive ketones (excluding diaryl/α,β-unsaturated/α-hetero) is 1. The van der Waals surface area contributed by atoms with Gasteiger partial charge >= 0.3 is 0 Å². The van der Waals surface area contributed by atoms with Crippen molar-refractivity contribution in [1.82, 2.24) is 9.97 Å². The van der Waals surface area contributed by atoms with Gasteiger partial charge in [-0.1, -0.05) is 23.9 Å². The second-order valence-electron chi connectivity index (χ2n) is 6.76. The molecule has 0 bridgehead atoms. The Morgan fingerprint density at radius 3 is 2.89 bits per heavy atom. The zero-order valence-corrected chi connectivity index (χ0v) is 17.1.